The van der Waals surface area contributed by atoms with Gasteiger partial charge in [-0.05, 0) is 44.6 Å². The highest BCUT2D eigenvalue weighted by Crippen LogP contribution is 2.20. The highest BCUT2D eigenvalue weighted by atomic mass is 79.9. The van der Waals surface area contributed by atoms with Crippen LogP contribution in [0.15, 0.2) is 22.7 Å². The van der Waals surface area contributed by atoms with Crippen LogP contribution in [0.2, 0.25) is 0 Å². The first kappa shape index (κ1) is 12.7. The summed E-state index contributed by atoms with van der Waals surface area (Å²) in [6, 6.07) is 6.28. The quantitative estimate of drug-likeness (QED) is 0.910. The lowest BCUT2D eigenvalue weighted by Gasteiger charge is -2.13. The van der Waals surface area contributed by atoms with Crippen LogP contribution in [0.25, 0.3) is 0 Å². The molecule has 84 valence electrons. The molecule has 1 atom stereocenters. The molecule has 0 bridgehead atoms. The van der Waals surface area contributed by atoms with Gasteiger partial charge in [0.05, 0.1) is 6.10 Å². The minimum atomic E-state index is -0.281. The first-order chi connectivity index (χ1) is 6.99. The number of halogens is 1. The van der Waals surface area contributed by atoms with Gasteiger partial charge in [-0.2, -0.15) is 0 Å². The molecule has 0 amide bonds. The Kier molecular flexibility index (Phi) is 4.77. The number of hydrogen-bond donors (Lipinski definition) is 1. The fourth-order valence-corrected chi connectivity index (χ4v) is 2.08. The maximum atomic E-state index is 9.29. The van der Waals surface area contributed by atoms with Crippen molar-refractivity contribution in [2.45, 2.75) is 26.0 Å². The molecule has 1 rings (SSSR count). The molecule has 0 saturated carbocycles. The predicted octanol–water partition coefficient (Wildman–Crippen LogP) is 2.43. The molecule has 3 heteroatoms. The lowest BCUT2D eigenvalue weighted by atomic mass is 10.1. The van der Waals surface area contributed by atoms with E-state index in [2.05, 4.69) is 53.1 Å². The Balaban J connectivity index is 2.78. The van der Waals surface area contributed by atoms with Crippen molar-refractivity contribution < 1.29 is 5.11 Å². The monoisotopic (exact) mass is 271 g/mol. The third-order valence-corrected chi connectivity index (χ3v) is 2.87. The van der Waals surface area contributed by atoms with Crippen molar-refractivity contribution in [3.8, 4) is 0 Å². The van der Waals surface area contributed by atoms with Gasteiger partial charge in [0.15, 0.2) is 0 Å². The van der Waals surface area contributed by atoms with Gasteiger partial charge in [0.1, 0.15) is 0 Å². The zero-order valence-corrected chi connectivity index (χ0v) is 11.1. The Morgan fingerprint density at radius 3 is 2.53 bits per heavy atom. The lowest BCUT2D eigenvalue weighted by molar-refractivity contribution is 0.195. The topological polar surface area (TPSA) is 23.5 Å². The van der Waals surface area contributed by atoms with Crippen LogP contribution < -0.4 is 0 Å². The van der Waals surface area contributed by atoms with Gasteiger partial charge >= 0.3 is 0 Å². The SMILES string of the molecule is CC(O)Cc1ccc(CN(C)C)c(Br)c1. The Hall–Kier alpha value is -0.380. The molecule has 1 aromatic carbocycles. The van der Waals surface area contributed by atoms with Gasteiger partial charge in [-0.25, -0.2) is 0 Å². The van der Waals surface area contributed by atoms with E-state index < -0.39 is 0 Å². The normalized spacial score (nSPS) is 13.2. The van der Waals surface area contributed by atoms with Crippen molar-refractivity contribution in [1.82, 2.24) is 4.90 Å². The van der Waals surface area contributed by atoms with E-state index in [0.717, 1.165) is 11.0 Å². The zero-order valence-electron chi connectivity index (χ0n) is 9.50. The van der Waals surface area contributed by atoms with Gasteiger partial charge in [-0.15, -0.1) is 0 Å². The summed E-state index contributed by atoms with van der Waals surface area (Å²) < 4.78 is 1.12. The summed E-state index contributed by atoms with van der Waals surface area (Å²) >= 11 is 3.56. The highest BCUT2D eigenvalue weighted by Gasteiger charge is 2.04. The summed E-state index contributed by atoms with van der Waals surface area (Å²) in [6.07, 6.45) is 0.428. The van der Waals surface area contributed by atoms with Crippen molar-refractivity contribution in [2.75, 3.05) is 14.1 Å². The highest BCUT2D eigenvalue weighted by molar-refractivity contribution is 9.10. The van der Waals surface area contributed by atoms with Crippen LogP contribution in [-0.4, -0.2) is 30.2 Å². The Morgan fingerprint density at radius 2 is 2.07 bits per heavy atom. The Bertz CT molecular complexity index is 323. The molecule has 2 nitrogen and oxygen atoms in total. The molecule has 0 heterocycles. The molecule has 0 aliphatic carbocycles. The van der Waals surface area contributed by atoms with Gasteiger partial charge < -0.3 is 10.0 Å². The first-order valence-electron chi connectivity index (χ1n) is 5.09. The smallest absolute Gasteiger partial charge is 0.0552 e. The summed E-state index contributed by atoms with van der Waals surface area (Å²) in [5, 5.41) is 9.29. The summed E-state index contributed by atoms with van der Waals surface area (Å²) in [4.78, 5) is 2.13. The molecule has 0 aliphatic rings. The van der Waals surface area contributed by atoms with Crippen LogP contribution in [0, 0.1) is 0 Å². The summed E-state index contributed by atoms with van der Waals surface area (Å²) in [6.45, 7) is 2.73. The molecule has 1 N–H and O–H groups in total. The molecule has 1 unspecified atom stereocenters. The Labute approximate surface area is 100 Å². The first-order valence-corrected chi connectivity index (χ1v) is 5.88. The number of hydrogen-bond acceptors (Lipinski definition) is 2. The van der Waals surface area contributed by atoms with E-state index in [1.54, 1.807) is 0 Å². The second-order valence-corrected chi connectivity index (χ2v) is 5.07. The van der Waals surface area contributed by atoms with Crippen LogP contribution >= 0.6 is 15.9 Å². The van der Waals surface area contributed by atoms with E-state index in [0.29, 0.717) is 6.42 Å². The van der Waals surface area contributed by atoms with Crippen molar-refractivity contribution in [3.63, 3.8) is 0 Å². The van der Waals surface area contributed by atoms with Crippen molar-refractivity contribution in [2.24, 2.45) is 0 Å². The van der Waals surface area contributed by atoms with Gasteiger partial charge in [-0.3, -0.25) is 0 Å². The van der Waals surface area contributed by atoms with Gasteiger partial charge in [0.2, 0.25) is 0 Å². The largest absolute Gasteiger partial charge is 0.393 e. The molecule has 1 aromatic rings. The number of aliphatic hydroxyl groups is 1. The molecule has 15 heavy (non-hydrogen) atoms. The van der Waals surface area contributed by atoms with Gasteiger partial charge in [-0.1, -0.05) is 28.1 Å². The van der Waals surface area contributed by atoms with E-state index in [-0.39, 0.29) is 6.10 Å². The van der Waals surface area contributed by atoms with Crippen LogP contribution in [0.3, 0.4) is 0 Å². The van der Waals surface area contributed by atoms with Crippen LogP contribution in [-0.2, 0) is 13.0 Å². The average Bonchev–Trinajstić information content (AvgIpc) is 2.08. The van der Waals surface area contributed by atoms with Crippen molar-refractivity contribution in [1.29, 1.82) is 0 Å². The molecular weight excluding hydrogens is 254 g/mol. The molecule has 0 fully saturated rings. The third kappa shape index (κ3) is 4.33. The maximum Gasteiger partial charge on any atom is 0.0552 e. The Morgan fingerprint density at radius 1 is 1.40 bits per heavy atom. The summed E-state index contributed by atoms with van der Waals surface area (Å²) in [7, 11) is 4.10. The second kappa shape index (κ2) is 5.64. The van der Waals surface area contributed by atoms with Crippen molar-refractivity contribution >= 4 is 15.9 Å². The fourth-order valence-electron chi connectivity index (χ4n) is 1.53. The molecule has 0 aromatic heterocycles. The number of benzene rings is 1. The summed E-state index contributed by atoms with van der Waals surface area (Å²) in [5.41, 5.74) is 2.44. The van der Waals surface area contributed by atoms with Crippen molar-refractivity contribution in [3.05, 3.63) is 33.8 Å². The van der Waals surface area contributed by atoms with E-state index in [9.17, 15) is 5.11 Å². The number of rotatable bonds is 4. The van der Waals surface area contributed by atoms with E-state index in [1.807, 2.05) is 6.92 Å². The minimum Gasteiger partial charge on any atom is -0.393 e. The molecule has 0 spiro atoms. The maximum absolute atomic E-state index is 9.29. The minimum absolute atomic E-state index is 0.281. The predicted molar refractivity (Wildman–Crippen MR) is 66.9 cm³/mol. The molecule has 0 saturated heterocycles. The van der Waals surface area contributed by atoms with Crippen LogP contribution in [0.5, 0.6) is 0 Å². The average molecular weight is 272 g/mol. The number of nitrogens with zero attached hydrogens (tertiary/aromatic N) is 1. The molecular formula is C12H18BrNO. The summed E-state index contributed by atoms with van der Waals surface area (Å²) in [5.74, 6) is 0. The van der Waals surface area contributed by atoms with Gasteiger partial charge in [0.25, 0.3) is 0 Å². The van der Waals surface area contributed by atoms with E-state index in [4.69, 9.17) is 0 Å². The number of aliphatic hydroxyl groups excluding tert-OH is 1. The molecule has 0 radical (unpaired) electrons. The zero-order chi connectivity index (χ0) is 11.4. The van der Waals surface area contributed by atoms with Crippen LogP contribution in [0.4, 0.5) is 0 Å². The van der Waals surface area contributed by atoms with Crippen LogP contribution in [0.1, 0.15) is 18.1 Å². The second-order valence-electron chi connectivity index (χ2n) is 4.22. The van der Waals surface area contributed by atoms with Gasteiger partial charge in [0, 0.05) is 11.0 Å². The standard InChI is InChI=1S/C12H18BrNO/c1-9(15)6-10-4-5-11(8-14(2)3)12(13)7-10/h4-5,7,9,15H,6,8H2,1-3H3. The fraction of sp³-hybridized carbons (Fsp3) is 0.500. The van der Waals surface area contributed by atoms with E-state index >= 15 is 0 Å². The molecule has 0 aliphatic heterocycles. The lowest BCUT2D eigenvalue weighted by Crippen LogP contribution is -2.11. The van der Waals surface area contributed by atoms with E-state index in [1.165, 1.54) is 11.1 Å². The third-order valence-electron chi connectivity index (χ3n) is 2.14.